The minimum atomic E-state index is -0.271. The van der Waals surface area contributed by atoms with E-state index in [4.69, 9.17) is 4.74 Å². The molecule has 2 fully saturated rings. The molecule has 2 aromatic carbocycles. The Labute approximate surface area is 166 Å². The van der Waals surface area contributed by atoms with Gasteiger partial charge in [-0.1, -0.05) is 55.0 Å². The molecule has 0 spiro atoms. The summed E-state index contributed by atoms with van der Waals surface area (Å²) in [6.07, 6.45) is 4.42. The summed E-state index contributed by atoms with van der Waals surface area (Å²) in [6, 6.07) is 16.9. The van der Waals surface area contributed by atoms with Crippen LogP contribution in [0.15, 0.2) is 48.5 Å². The number of nitrogens with zero attached hydrogens (tertiary/aromatic N) is 1. The second-order valence-corrected chi connectivity index (χ2v) is 8.37. The van der Waals surface area contributed by atoms with Crippen LogP contribution in [0.2, 0.25) is 0 Å². The fourth-order valence-corrected chi connectivity index (χ4v) is 5.56. The summed E-state index contributed by atoms with van der Waals surface area (Å²) >= 11 is 0. The Kier molecular flexibility index (Phi) is 4.59. The number of likely N-dealkylation sites (tertiary alicyclic amines) is 1. The zero-order valence-electron chi connectivity index (χ0n) is 16.1. The van der Waals surface area contributed by atoms with E-state index in [0.717, 1.165) is 38.6 Å². The van der Waals surface area contributed by atoms with Crippen molar-refractivity contribution < 1.29 is 14.6 Å². The second-order valence-electron chi connectivity index (χ2n) is 8.37. The van der Waals surface area contributed by atoms with Crippen LogP contribution in [0.4, 0.5) is 4.79 Å². The smallest absolute Gasteiger partial charge is 0.410 e. The lowest BCUT2D eigenvalue weighted by molar-refractivity contribution is 0.0552. The number of aliphatic hydroxyl groups is 1. The van der Waals surface area contributed by atoms with Crippen molar-refractivity contribution >= 4 is 6.09 Å². The fraction of sp³-hybridized carbons (Fsp3) is 0.458. The van der Waals surface area contributed by atoms with Crippen molar-refractivity contribution in [2.75, 3.05) is 13.2 Å². The van der Waals surface area contributed by atoms with E-state index in [9.17, 15) is 9.90 Å². The van der Waals surface area contributed by atoms with Gasteiger partial charge in [0.05, 0.1) is 6.10 Å². The monoisotopic (exact) mass is 377 g/mol. The maximum absolute atomic E-state index is 12.9. The molecule has 0 radical (unpaired) electrons. The van der Waals surface area contributed by atoms with Gasteiger partial charge in [-0.15, -0.1) is 0 Å². The van der Waals surface area contributed by atoms with Gasteiger partial charge in [0, 0.05) is 24.4 Å². The van der Waals surface area contributed by atoms with Crippen molar-refractivity contribution in [1.82, 2.24) is 4.90 Å². The lowest BCUT2D eigenvalue weighted by Crippen LogP contribution is -2.43. The van der Waals surface area contributed by atoms with E-state index in [1.165, 1.54) is 22.3 Å². The molecular formula is C24H27NO3. The van der Waals surface area contributed by atoms with Crippen molar-refractivity contribution in [3.63, 3.8) is 0 Å². The number of hydrogen-bond donors (Lipinski definition) is 1. The molecule has 146 valence electrons. The van der Waals surface area contributed by atoms with Gasteiger partial charge in [0.2, 0.25) is 0 Å². The average Bonchev–Trinajstić information content (AvgIpc) is 3.43. The highest BCUT2D eigenvalue weighted by Gasteiger charge is 2.41. The van der Waals surface area contributed by atoms with E-state index in [0.29, 0.717) is 6.61 Å². The number of rotatable bonds is 3. The molecule has 4 nitrogen and oxygen atoms in total. The summed E-state index contributed by atoms with van der Waals surface area (Å²) in [5.41, 5.74) is 4.96. The highest BCUT2D eigenvalue weighted by Crippen LogP contribution is 2.44. The topological polar surface area (TPSA) is 49.8 Å². The number of aliphatic hydroxyl groups excluding tert-OH is 1. The van der Waals surface area contributed by atoms with Crippen LogP contribution in [0.25, 0.3) is 11.1 Å². The number of carbonyl (C=O) groups is 1. The molecule has 0 aromatic heterocycles. The van der Waals surface area contributed by atoms with Crippen LogP contribution in [-0.4, -0.2) is 41.4 Å². The zero-order chi connectivity index (χ0) is 19.1. The normalized spacial score (nSPS) is 26.3. The third-order valence-electron chi connectivity index (χ3n) is 6.90. The molecule has 1 amide bonds. The summed E-state index contributed by atoms with van der Waals surface area (Å²) in [5, 5.41) is 10.3. The highest BCUT2D eigenvalue weighted by atomic mass is 16.6. The molecule has 3 aliphatic rings. The summed E-state index contributed by atoms with van der Waals surface area (Å²) in [6.45, 7) is 1.11. The van der Waals surface area contributed by atoms with Gasteiger partial charge in [0.1, 0.15) is 6.61 Å². The molecule has 4 heteroatoms. The molecule has 1 saturated carbocycles. The van der Waals surface area contributed by atoms with Gasteiger partial charge >= 0.3 is 6.09 Å². The fourth-order valence-electron chi connectivity index (χ4n) is 5.56. The second kappa shape index (κ2) is 7.25. The van der Waals surface area contributed by atoms with Crippen molar-refractivity contribution in [1.29, 1.82) is 0 Å². The van der Waals surface area contributed by atoms with Gasteiger partial charge in [-0.3, -0.25) is 0 Å². The predicted molar refractivity (Wildman–Crippen MR) is 108 cm³/mol. The quantitative estimate of drug-likeness (QED) is 0.853. The van der Waals surface area contributed by atoms with E-state index in [1.54, 1.807) is 0 Å². The van der Waals surface area contributed by atoms with Crippen LogP contribution in [-0.2, 0) is 4.74 Å². The van der Waals surface area contributed by atoms with E-state index in [1.807, 2.05) is 4.90 Å². The highest BCUT2D eigenvalue weighted by molar-refractivity contribution is 5.79. The van der Waals surface area contributed by atoms with Crippen molar-refractivity contribution in [3.8, 4) is 11.1 Å². The first-order valence-corrected chi connectivity index (χ1v) is 10.5. The van der Waals surface area contributed by atoms with Crippen molar-refractivity contribution in [2.45, 2.75) is 50.2 Å². The maximum atomic E-state index is 12.9. The van der Waals surface area contributed by atoms with E-state index in [-0.39, 0.29) is 30.1 Å². The third kappa shape index (κ3) is 2.91. The minimum absolute atomic E-state index is 0.0921. The van der Waals surface area contributed by atoms with Gasteiger partial charge in [0.15, 0.2) is 0 Å². The first-order valence-electron chi connectivity index (χ1n) is 10.5. The Morgan fingerprint density at radius 2 is 1.64 bits per heavy atom. The van der Waals surface area contributed by atoms with Gasteiger partial charge in [-0.05, 0) is 47.9 Å². The van der Waals surface area contributed by atoms with Gasteiger partial charge < -0.3 is 14.7 Å². The van der Waals surface area contributed by atoms with E-state index in [2.05, 4.69) is 48.5 Å². The molecule has 2 aliphatic carbocycles. The first kappa shape index (κ1) is 17.7. The van der Waals surface area contributed by atoms with Crippen LogP contribution >= 0.6 is 0 Å². The van der Waals surface area contributed by atoms with Crippen LogP contribution in [0.3, 0.4) is 0 Å². The molecule has 2 aromatic rings. The molecule has 28 heavy (non-hydrogen) atoms. The molecule has 0 bridgehead atoms. The minimum Gasteiger partial charge on any atom is -0.448 e. The largest absolute Gasteiger partial charge is 0.448 e. The molecular weight excluding hydrogens is 350 g/mol. The molecule has 3 unspecified atom stereocenters. The molecule has 3 atom stereocenters. The van der Waals surface area contributed by atoms with Crippen LogP contribution < -0.4 is 0 Å². The molecule has 5 rings (SSSR count). The summed E-state index contributed by atoms with van der Waals surface area (Å²) < 4.78 is 5.85. The van der Waals surface area contributed by atoms with Gasteiger partial charge in [-0.2, -0.15) is 0 Å². The van der Waals surface area contributed by atoms with Crippen LogP contribution in [0.1, 0.15) is 49.1 Å². The number of benzene rings is 2. The lowest BCUT2D eigenvalue weighted by atomic mass is 9.94. The molecule has 1 saturated heterocycles. The Morgan fingerprint density at radius 3 is 2.29 bits per heavy atom. The van der Waals surface area contributed by atoms with Crippen LogP contribution in [0, 0.1) is 5.92 Å². The van der Waals surface area contributed by atoms with Gasteiger partial charge in [0.25, 0.3) is 0 Å². The predicted octanol–water partition coefficient (Wildman–Crippen LogP) is 4.56. The summed E-state index contributed by atoms with van der Waals surface area (Å²) in [5.74, 6) is 0.303. The van der Waals surface area contributed by atoms with Crippen molar-refractivity contribution in [2.24, 2.45) is 5.92 Å². The Balaban J connectivity index is 1.32. The number of fused-ring (bicyclic) bond motifs is 3. The molecule has 1 aliphatic heterocycles. The number of hydrogen-bond acceptors (Lipinski definition) is 3. The number of amides is 1. The van der Waals surface area contributed by atoms with E-state index < -0.39 is 0 Å². The average molecular weight is 377 g/mol. The Hall–Kier alpha value is -2.33. The Morgan fingerprint density at radius 1 is 0.964 bits per heavy atom. The standard InChI is InChI=1S/C24H27NO3/c26-23-13-5-11-20(23)22-12-6-14-25(22)24(27)28-15-21-18-9-3-1-7-16(18)17-8-2-4-10-19(17)21/h1-4,7-10,20-23,26H,5-6,11-15H2. The SMILES string of the molecule is O=C(OCC1c2ccccc2-c2ccccc21)N1CCCC1C1CCCC1O. The summed E-state index contributed by atoms with van der Waals surface area (Å²) in [7, 11) is 0. The van der Waals surface area contributed by atoms with Gasteiger partial charge in [-0.25, -0.2) is 4.79 Å². The third-order valence-corrected chi connectivity index (χ3v) is 6.90. The maximum Gasteiger partial charge on any atom is 0.410 e. The Bertz CT molecular complexity index is 834. The van der Waals surface area contributed by atoms with Crippen molar-refractivity contribution in [3.05, 3.63) is 59.7 Å². The molecule has 1 N–H and O–H groups in total. The first-order chi connectivity index (χ1) is 13.7. The number of ether oxygens (including phenoxy) is 1. The van der Waals surface area contributed by atoms with Crippen LogP contribution in [0.5, 0.6) is 0 Å². The van der Waals surface area contributed by atoms with E-state index >= 15 is 0 Å². The lowest BCUT2D eigenvalue weighted by Gasteiger charge is -2.31. The summed E-state index contributed by atoms with van der Waals surface area (Å²) in [4.78, 5) is 14.8. The number of carbonyl (C=O) groups excluding carboxylic acids is 1. The molecule has 1 heterocycles. The zero-order valence-corrected chi connectivity index (χ0v) is 16.1.